The van der Waals surface area contributed by atoms with E-state index in [9.17, 15) is 0 Å². The monoisotopic (exact) mass is 237 g/mol. The third-order valence-electron chi connectivity index (χ3n) is 3.09. The van der Waals surface area contributed by atoms with Crippen LogP contribution >= 0.6 is 0 Å². The van der Waals surface area contributed by atoms with Crippen LogP contribution in [0.5, 0.6) is 0 Å². The number of imidazole rings is 1. The lowest BCUT2D eigenvalue weighted by Crippen LogP contribution is -2.32. The summed E-state index contributed by atoms with van der Waals surface area (Å²) in [7, 11) is 0. The summed E-state index contributed by atoms with van der Waals surface area (Å²) in [6.45, 7) is 4.93. The molecule has 1 aliphatic carbocycles. The van der Waals surface area contributed by atoms with Crippen molar-refractivity contribution < 1.29 is 9.47 Å². The lowest BCUT2D eigenvalue weighted by molar-refractivity contribution is -0.0934. The van der Waals surface area contributed by atoms with Crippen molar-refractivity contribution >= 4 is 5.95 Å². The van der Waals surface area contributed by atoms with Crippen LogP contribution in [-0.2, 0) is 16.0 Å². The summed E-state index contributed by atoms with van der Waals surface area (Å²) in [5, 5.41) is 3.45. The minimum absolute atomic E-state index is 0.150. The van der Waals surface area contributed by atoms with E-state index in [1.54, 1.807) is 0 Å². The predicted molar refractivity (Wildman–Crippen MR) is 64.2 cm³/mol. The Balaban J connectivity index is 1.67. The highest BCUT2D eigenvalue weighted by Gasteiger charge is 2.24. The molecular weight excluding hydrogens is 218 g/mol. The number of rotatable bonds is 4. The van der Waals surface area contributed by atoms with Gasteiger partial charge >= 0.3 is 0 Å². The first-order valence-corrected chi connectivity index (χ1v) is 6.31. The second-order valence-electron chi connectivity index (χ2n) is 4.84. The van der Waals surface area contributed by atoms with Gasteiger partial charge in [0.05, 0.1) is 38.2 Å². The van der Waals surface area contributed by atoms with E-state index in [1.807, 2.05) is 6.92 Å². The lowest BCUT2D eigenvalue weighted by Gasteiger charge is -2.23. The van der Waals surface area contributed by atoms with E-state index in [2.05, 4.69) is 21.1 Å². The molecule has 1 aromatic heterocycles. The van der Waals surface area contributed by atoms with Crippen molar-refractivity contribution in [3.8, 4) is 0 Å². The van der Waals surface area contributed by atoms with Crippen LogP contribution in [0.25, 0.3) is 0 Å². The van der Waals surface area contributed by atoms with E-state index in [0.717, 1.165) is 18.2 Å². The Hall–Kier alpha value is -1.07. The van der Waals surface area contributed by atoms with Gasteiger partial charge in [-0.3, -0.25) is 0 Å². The summed E-state index contributed by atoms with van der Waals surface area (Å²) < 4.78 is 13.2. The molecule has 1 aliphatic heterocycles. The van der Waals surface area contributed by atoms with Gasteiger partial charge in [-0.1, -0.05) is 0 Å². The van der Waals surface area contributed by atoms with Crippen LogP contribution in [0.3, 0.4) is 0 Å². The molecule has 1 unspecified atom stereocenters. The molecule has 1 aromatic rings. The molecule has 0 bridgehead atoms. The highest BCUT2D eigenvalue weighted by atomic mass is 16.6. The van der Waals surface area contributed by atoms with Crippen LogP contribution in [0, 0.1) is 6.92 Å². The predicted octanol–water partition coefficient (Wildman–Crippen LogP) is 1.18. The maximum atomic E-state index is 5.67. The van der Waals surface area contributed by atoms with Crippen LogP contribution in [-0.4, -0.2) is 41.5 Å². The molecule has 0 aromatic carbocycles. The molecule has 3 rings (SSSR count). The Morgan fingerprint density at radius 1 is 1.47 bits per heavy atom. The summed E-state index contributed by atoms with van der Waals surface area (Å²) in [5.41, 5.74) is 1.05. The largest absolute Gasteiger partial charge is 0.376 e. The number of anilines is 1. The van der Waals surface area contributed by atoms with Gasteiger partial charge in [-0.2, -0.15) is 0 Å². The van der Waals surface area contributed by atoms with Gasteiger partial charge in [-0.15, -0.1) is 0 Å². The van der Waals surface area contributed by atoms with E-state index in [4.69, 9.17) is 9.47 Å². The quantitative estimate of drug-likeness (QED) is 0.854. The van der Waals surface area contributed by atoms with Gasteiger partial charge < -0.3 is 19.4 Å². The third kappa shape index (κ3) is 2.79. The molecule has 0 radical (unpaired) electrons. The van der Waals surface area contributed by atoms with Gasteiger partial charge in [0.15, 0.2) is 0 Å². The number of nitrogens with one attached hydrogen (secondary N) is 1. The van der Waals surface area contributed by atoms with Crippen molar-refractivity contribution in [1.82, 2.24) is 9.55 Å². The summed E-state index contributed by atoms with van der Waals surface area (Å²) in [5.74, 6) is 0.971. The standard InChI is InChI=1S/C12H19N3O2/c1-9-6-15(7-11-8-16-4-5-17-11)12(13-9)14-10-2-3-10/h6,10-11H,2-5,7-8H2,1H3,(H,13,14). The van der Waals surface area contributed by atoms with Crippen molar-refractivity contribution in [2.75, 3.05) is 25.1 Å². The fourth-order valence-electron chi connectivity index (χ4n) is 2.07. The maximum Gasteiger partial charge on any atom is 0.203 e. The van der Waals surface area contributed by atoms with Crippen molar-refractivity contribution in [1.29, 1.82) is 0 Å². The number of aryl methyl sites for hydroxylation is 1. The van der Waals surface area contributed by atoms with E-state index >= 15 is 0 Å². The van der Waals surface area contributed by atoms with Gasteiger partial charge in [-0.05, 0) is 19.8 Å². The zero-order chi connectivity index (χ0) is 11.7. The minimum atomic E-state index is 0.150. The van der Waals surface area contributed by atoms with Crippen LogP contribution in [0.1, 0.15) is 18.5 Å². The van der Waals surface area contributed by atoms with Gasteiger partial charge in [0, 0.05) is 12.2 Å². The van der Waals surface area contributed by atoms with Gasteiger partial charge in [0.1, 0.15) is 0 Å². The van der Waals surface area contributed by atoms with Gasteiger partial charge in [0.2, 0.25) is 5.95 Å². The zero-order valence-electron chi connectivity index (χ0n) is 10.2. The molecule has 0 amide bonds. The SMILES string of the molecule is Cc1cn(CC2COCCO2)c(NC2CC2)n1. The summed E-state index contributed by atoms with van der Waals surface area (Å²) in [6, 6.07) is 0.624. The third-order valence-corrected chi connectivity index (χ3v) is 3.09. The molecule has 0 spiro atoms. The van der Waals surface area contributed by atoms with E-state index in [1.165, 1.54) is 12.8 Å². The van der Waals surface area contributed by atoms with Crippen LogP contribution in [0.2, 0.25) is 0 Å². The molecule has 1 atom stereocenters. The average Bonchev–Trinajstić information content (AvgIpc) is 3.06. The molecule has 2 aliphatic rings. The van der Waals surface area contributed by atoms with Crippen LogP contribution in [0.15, 0.2) is 6.20 Å². The smallest absolute Gasteiger partial charge is 0.203 e. The second kappa shape index (κ2) is 4.66. The Morgan fingerprint density at radius 2 is 2.35 bits per heavy atom. The highest BCUT2D eigenvalue weighted by Crippen LogP contribution is 2.24. The fraction of sp³-hybridized carbons (Fsp3) is 0.750. The summed E-state index contributed by atoms with van der Waals surface area (Å²) in [6.07, 6.45) is 4.74. The molecule has 94 valence electrons. The number of hydrogen-bond donors (Lipinski definition) is 1. The number of nitrogens with zero attached hydrogens (tertiary/aromatic N) is 2. The molecule has 1 saturated heterocycles. The lowest BCUT2D eigenvalue weighted by atomic mass is 10.3. The van der Waals surface area contributed by atoms with E-state index in [0.29, 0.717) is 25.9 Å². The average molecular weight is 237 g/mol. The Morgan fingerprint density at radius 3 is 3.06 bits per heavy atom. The first-order valence-electron chi connectivity index (χ1n) is 6.31. The topological polar surface area (TPSA) is 48.3 Å². The minimum Gasteiger partial charge on any atom is -0.376 e. The normalized spacial score (nSPS) is 24.9. The number of aromatic nitrogens is 2. The molecule has 2 fully saturated rings. The molecule has 5 heteroatoms. The van der Waals surface area contributed by atoms with Crippen molar-refractivity contribution in [2.45, 2.75) is 38.5 Å². The van der Waals surface area contributed by atoms with Crippen LogP contribution in [0.4, 0.5) is 5.95 Å². The molecule has 17 heavy (non-hydrogen) atoms. The van der Waals surface area contributed by atoms with Gasteiger partial charge in [-0.25, -0.2) is 4.98 Å². The molecule has 1 saturated carbocycles. The van der Waals surface area contributed by atoms with E-state index in [-0.39, 0.29) is 6.10 Å². The summed E-state index contributed by atoms with van der Waals surface area (Å²) in [4.78, 5) is 4.51. The molecule has 5 nitrogen and oxygen atoms in total. The highest BCUT2D eigenvalue weighted by molar-refractivity contribution is 5.32. The first kappa shape index (κ1) is 11.0. The van der Waals surface area contributed by atoms with Crippen molar-refractivity contribution in [2.24, 2.45) is 0 Å². The Kier molecular flexibility index (Phi) is 3.03. The number of hydrogen-bond acceptors (Lipinski definition) is 4. The fourth-order valence-corrected chi connectivity index (χ4v) is 2.07. The summed E-state index contributed by atoms with van der Waals surface area (Å²) >= 11 is 0. The molecular formula is C12H19N3O2. The second-order valence-corrected chi connectivity index (χ2v) is 4.84. The molecule has 2 heterocycles. The molecule has 1 N–H and O–H groups in total. The Labute approximate surface area is 101 Å². The van der Waals surface area contributed by atoms with E-state index < -0.39 is 0 Å². The number of ether oxygens (including phenoxy) is 2. The van der Waals surface area contributed by atoms with Crippen LogP contribution < -0.4 is 5.32 Å². The van der Waals surface area contributed by atoms with Gasteiger partial charge in [0.25, 0.3) is 0 Å². The first-order chi connectivity index (χ1) is 8.31. The van der Waals surface area contributed by atoms with Crippen molar-refractivity contribution in [3.05, 3.63) is 11.9 Å². The van der Waals surface area contributed by atoms with Crippen molar-refractivity contribution in [3.63, 3.8) is 0 Å². The Bertz CT molecular complexity index is 381. The zero-order valence-corrected chi connectivity index (χ0v) is 10.2. The maximum absolute atomic E-state index is 5.67.